The van der Waals surface area contributed by atoms with Gasteiger partial charge in [-0.1, -0.05) is 23.2 Å². The zero-order valence-electron chi connectivity index (χ0n) is 17.9. The number of amides is 1. The first-order chi connectivity index (χ1) is 15.5. The highest BCUT2D eigenvalue weighted by Crippen LogP contribution is 2.36. The van der Waals surface area contributed by atoms with Crippen LogP contribution in [-0.2, 0) is 6.18 Å². The van der Waals surface area contributed by atoms with Crippen molar-refractivity contribution in [3.63, 3.8) is 0 Å². The Hall–Kier alpha value is -2.58. The van der Waals surface area contributed by atoms with Gasteiger partial charge in [0.05, 0.1) is 27.2 Å². The summed E-state index contributed by atoms with van der Waals surface area (Å²) >= 11 is 12.7. The van der Waals surface area contributed by atoms with Crippen LogP contribution in [0, 0.1) is 13.8 Å². The smallest absolute Gasteiger partial charge is 0.339 e. The minimum absolute atomic E-state index is 0.0654. The van der Waals surface area contributed by atoms with Gasteiger partial charge < -0.3 is 4.90 Å². The lowest BCUT2D eigenvalue weighted by Crippen LogP contribution is -2.36. The summed E-state index contributed by atoms with van der Waals surface area (Å²) in [7, 11) is 0. The summed E-state index contributed by atoms with van der Waals surface area (Å²) in [5.41, 5.74) is 0.154. The summed E-state index contributed by atoms with van der Waals surface area (Å²) in [6.07, 6.45) is 0.963. The number of carbonyl (C=O) groups excluding carboxylic acids is 2. The minimum Gasteiger partial charge on any atom is -0.339 e. The highest BCUT2D eigenvalue weighted by molar-refractivity contribution is 6.41. The van der Waals surface area contributed by atoms with Crippen molar-refractivity contribution in [3.8, 4) is 0 Å². The molecule has 0 atom stereocenters. The molecule has 3 aromatic rings. The number of nitrogens with zero attached hydrogens (tertiary/aromatic N) is 3. The highest BCUT2D eigenvalue weighted by atomic mass is 35.5. The fourth-order valence-corrected chi connectivity index (χ4v) is 4.81. The average Bonchev–Trinajstić information content (AvgIpc) is 3.10. The second-order valence-electron chi connectivity index (χ2n) is 8.18. The van der Waals surface area contributed by atoms with Gasteiger partial charge in [0.25, 0.3) is 11.8 Å². The number of hydrogen-bond donors (Lipinski definition) is 0. The molecular formula is C23H20Cl2F3N3O2. The Morgan fingerprint density at radius 2 is 1.67 bits per heavy atom. The zero-order valence-corrected chi connectivity index (χ0v) is 19.4. The van der Waals surface area contributed by atoms with Crippen LogP contribution in [0.4, 0.5) is 13.2 Å². The molecule has 1 fully saturated rings. The van der Waals surface area contributed by atoms with Gasteiger partial charge >= 0.3 is 6.18 Å². The number of hydrogen-bond acceptors (Lipinski definition) is 3. The maximum atomic E-state index is 13.5. The van der Waals surface area contributed by atoms with Gasteiger partial charge in [-0.15, -0.1) is 0 Å². The molecule has 0 unspecified atom stereocenters. The van der Waals surface area contributed by atoms with E-state index in [1.165, 1.54) is 23.9 Å². The van der Waals surface area contributed by atoms with Crippen LogP contribution < -0.4 is 0 Å². The number of rotatable bonds is 2. The topological polar surface area (TPSA) is 55.2 Å². The molecule has 3 heterocycles. The van der Waals surface area contributed by atoms with E-state index in [4.69, 9.17) is 23.2 Å². The normalized spacial score (nSPS) is 14.7. The van der Waals surface area contributed by atoms with Crippen LogP contribution in [0.5, 0.6) is 0 Å². The van der Waals surface area contributed by atoms with Gasteiger partial charge in [0, 0.05) is 30.9 Å². The SMILES string of the molecule is Cc1cn(C(=O)c2c(Cl)ncc(C(=O)N3CCCCC3)c2Cl)c2c(C)cc(C(F)(F)F)cc12. The predicted octanol–water partition coefficient (Wildman–Crippen LogP) is 6.29. The van der Waals surface area contributed by atoms with Crippen LogP contribution in [0.25, 0.3) is 10.9 Å². The van der Waals surface area contributed by atoms with Crippen LogP contribution >= 0.6 is 23.2 Å². The summed E-state index contributed by atoms with van der Waals surface area (Å²) in [5.74, 6) is -1.01. The molecule has 0 bridgehead atoms. The van der Waals surface area contributed by atoms with E-state index in [2.05, 4.69) is 4.98 Å². The van der Waals surface area contributed by atoms with Gasteiger partial charge in [-0.05, 0) is 56.4 Å². The Bertz CT molecular complexity index is 1280. The van der Waals surface area contributed by atoms with E-state index in [9.17, 15) is 22.8 Å². The van der Waals surface area contributed by atoms with E-state index in [1.807, 2.05) is 0 Å². The molecule has 33 heavy (non-hydrogen) atoms. The Kier molecular flexibility index (Phi) is 6.18. The number of aryl methyl sites for hydroxylation is 2. The number of carbonyl (C=O) groups is 2. The molecule has 1 amide bonds. The Morgan fingerprint density at radius 1 is 1.00 bits per heavy atom. The van der Waals surface area contributed by atoms with Crippen LogP contribution in [0.15, 0.2) is 24.5 Å². The number of likely N-dealkylation sites (tertiary alicyclic amines) is 1. The van der Waals surface area contributed by atoms with Crippen LogP contribution in [0.2, 0.25) is 10.2 Å². The monoisotopic (exact) mass is 497 g/mol. The number of pyridine rings is 1. The zero-order chi connectivity index (χ0) is 24.1. The molecule has 5 nitrogen and oxygen atoms in total. The van der Waals surface area contributed by atoms with Crippen molar-refractivity contribution < 1.29 is 22.8 Å². The number of fused-ring (bicyclic) bond motifs is 1. The Morgan fingerprint density at radius 3 is 2.30 bits per heavy atom. The molecule has 0 N–H and O–H groups in total. The fourth-order valence-electron chi connectivity index (χ4n) is 4.24. The molecule has 0 spiro atoms. The second kappa shape index (κ2) is 8.65. The van der Waals surface area contributed by atoms with Crippen molar-refractivity contribution >= 4 is 45.9 Å². The summed E-state index contributed by atoms with van der Waals surface area (Å²) < 4.78 is 41.1. The number of benzene rings is 1. The molecule has 0 aliphatic carbocycles. The van der Waals surface area contributed by atoms with Crippen LogP contribution in [-0.4, -0.2) is 39.4 Å². The van der Waals surface area contributed by atoms with Crippen LogP contribution in [0.1, 0.15) is 56.7 Å². The molecule has 2 aromatic heterocycles. The van der Waals surface area contributed by atoms with Crippen molar-refractivity contribution in [2.45, 2.75) is 39.3 Å². The second-order valence-corrected chi connectivity index (χ2v) is 8.91. The number of alkyl halides is 3. The van der Waals surface area contributed by atoms with E-state index < -0.39 is 17.6 Å². The molecule has 10 heteroatoms. The molecule has 174 valence electrons. The number of aromatic nitrogens is 2. The molecule has 4 rings (SSSR count). The number of halogens is 5. The van der Waals surface area contributed by atoms with Gasteiger partial charge in [0.1, 0.15) is 5.15 Å². The van der Waals surface area contributed by atoms with Crippen molar-refractivity contribution in [2.75, 3.05) is 13.1 Å². The first kappa shape index (κ1) is 23.6. The Labute approximate surface area is 198 Å². The van der Waals surface area contributed by atoms with Gasteiger partial charge in [0.2, 0.25) is 0 Å². The molecule has 1 saturated heterocycles. The van der Waals surface area contributed by atoms with Gasteiger partial charge in [-0.2, -0.15) is 13.2 Å². The molecular weight excluding hydrogens is 478 g/mol. The predicted molar refractivity (Wildman–Crippen MR) is 120 cm³/mol. The summed E-state index contributed by atoms with van der Waals surface area (Å²) in [4.78, 5) is 32.2. The van der Waals surface area contributed by atoms with E-state index in [0.29, 0.717) is 24.2 Å². The summed E-state index contributed by atoms with van der Waals surface area (Å²) in [6, 6.07) is 2.00. The van der Waals surface area contributed by atoms with E-state index in [1.54, 1.807) is 11.8 Å². The first-order valence-corrected chi connectivity index (χ1v) is 11.1. The van der Waals surface area contributed by atoms with Crippen LogP contribution in [0.3, 0.4) is 0 Å². The third-order valence-corrected chi connectivity index (χ3v) is 6.57. The third kappa shape index (κ3) is 4.22. The third-order valence-electron chi connectivity index (χ3n) is 5.89. The van der Waals surface area contributed by atoms with E-state index >= 15 is 0 Å². The van der Waals surface area contributed by atoms with Gasteiger partial charge in [-0.25, -0.2) is 4.98 Å². The molecule has 0 saturated carbocycles. The number of piperidine rings is 1. The summed E-state index contributed by atoms with van der Waals surface area (Å²) in [5, 5.41) is -0.0275. The minimum atomic E-state index is -4.52. The van der Waals surface area contributed by atoms with Crippen molar-refractivity contribution in [2.24, 2.45) is 0 Å². The molecule has 1 aliphatic rings. The van der Waals surface area contributed by atoms with E-state index in [0.717, 1.165) is 31.4 Å². The summed E-state index contributed by atoms with van der Waals surface area (Å²) in [6.45, 7) is 4.29. The lowest BCUT2D eigenvalue weighted by Gasteiger charge is -2.27. The molecule has 1 aliphatic heterocycles. The van der Waals surface area contributed by atoms with Crippen molar-refractivity contribution in [3.05, 3.63) is 62.5 Å². The maximum absolute atomic E-state index is 13.5. The average molecular weight is 498 g/mol. The molecule has 0 radical (unpaired) electrons. The van der Waals surface area contributed by atoms with Gasteiger partial charge in [0.15, 0.2) is 0 Å². The van der Waals surface area contributed by atoms with Crippen molar-refractivity contribution in [1.82, 2.24) is 14.5 Å². The lowest BCUT2D eigenvalue weighted by molar-refractivity contribution is -0.137. The van der Waals surface area contributed by atoms with E-state index in [-0.39, 0.29) is 38.2 Å². The fraction of sp³-hybridized carbons (Fsp3) is 0.348. The largest absolute Gasteiger partial charge is 0.416 e. The highest BCUT2D eigenvalue weighted by Gasteiger charge is 2.33. The van der Waals surface area contributed by atoms with Gasteiger partial charge in [-0.3, -0.25) is 14.2 Å². The van der Waals surface area contributed by atoms with Crippen molar-refractivity contribution in [1.29, 1.82) is 0 Å². The Balaban J connectivity index is 1.82. The maximum Gasteiger partial charge on any atom is 0.416 e. The standard InChI is InChI=1S/C23H20Cl2F3N3O2/c1-12-8-14(23(26,27)28)9-15-13(2)11-31(19(12)15)22(33)17-18(24)16(10-29-20(17)25)21(32)30-6-4-3-5-7-30/h8-11H,3-7H2,1-2H3. The first-order valence-electron chi connectivity index (χ1n) is 10.4. The molecule has 1 aromatic carbocycles. The lowest BCUT2D eigenvalue weighted by atomic mass is 10.0. The quantitative estimate of drug-likeness (QED) is 0.390.